The molecule has 0 saturated heterocycles. The Bertz CT molecular complexity index is 1250. The summed E-state index contributed by atoms with van der Waals surface area (Å²) in [7, 11) is 1.68. The van der Waals surface area contributed by atoms with E-state index in [4.69, 9.17) is 25.8 Å². The van der Waals surface area contributed by atoms with E-state index in [2.05, 4.69) is 17.4 Å². The second-order valence-corrected chi connectivity index (χ2v) is 9.92. The predicted molar refractivity (Wildman–Crippen MR) is 143 cm³/mol. The number of aliphatic carboxylic acids is 1. The van der Waals surface area contributed by atoms with Crippen molar-refractivity contribution in [1.82, 2.24) is 5.32 Å². The fourth-order valence-electron chi connectivity index (χ4n) is 4.85. The molecule has 1 saturated carbocycles. The Hall–Kier alpha value is -2.71. The summed E-state index contributed by atoms with van der Waals surface area (Å²) in [5, 5.41) is 14.4. The summed E-state index contributed by atoms with van der Waals surface area (Å²) in [6.45, 7) is 2.32. The molecule has 1 aliphatic heterocycles. The summed E-state index contributed by atoms with van der Waals surface area (Å²) in [6, 6.07) is 19.3. The Kier molecular flexibility index (Phi) is 11.5. The number of ether oxygens (including phenoxy) is 3. The fourth-order valence-corrected chi connectivity index (χ4v) is 5.06. The van der Waals surface area contributed by atoms with E-state index in [0.717, 1.165) is 37.0 Å². The molecule has 3 unspecified atom stereocenters. The molecular formula is C30H31ClNNaO6. The van der Waals surface area contributed by atoms with Crippen LogP contribution in [0.2, 0.25) is 5.02 Å². The van der Waals surface area contributed by atoms with Crippen LogP contribution in [0.3, 0.4) is 0 Å². The first-order valence-electron chi connectivity index (χ1n) is 12.6. The Balaban J connectivity index is 0.000000220. The Morgan fingerprint density at radius 3 is 2.38 bits per heavy atom. The summed E-state index contributed by atoms with van der Waals surface area (Å²) in [5.41, 5.74) is 3.01. The SMILES string of the molecule is COc1ccc(C2CCC(NC=O)C2)cc1.Cc1ccc(Oc2cc3c(cc2Cl)C(C(=O)[O-])CCO3)cc1.[Na+]. The third kappa shape index (κ3) is 8.15. The molecule has 1 fully saturated rings. The summed E-state index contributed by atoms with van der Waals surface area (Å²) >= 11 is 6.22. The number of carbonyl (C=O) groups excluding carboxylic acids is 2. The number of methoxy groups -OCH3 is 1. The largest absolute Gasteiger partial charge is 1.00 e. The third-order valence-electron chi connectivity index (χ3n) is 6.96. The van der Waals surface area contributed by atoms with Crippen LogP contribution in [-0.4, -0.2) is 32.1 Å². The zero-order chi connectivity index (χ0) is 27.1. The van der Waals surface area contributed by atoms with Gasteiger partial charge in [-0.25, -0.2) is 0 Å². The van der Waals surface area contributed by atoms with Crippen LogP contribution in [0.15, 0.2) is 60.7 Å². The molecule has 0 spiro atoms. The number of nitrogens with one attached hydrogen (secondary N) is 1. The van der Waals surface area contributed by atoms with Crippen molar-refractivity contribution < 1.29 is 58.5 Å². The topological polar surface area (TPSA) is 96.9 Å². The molecule has 3 atom stereocenters. The Labute approximate surface area is 256 Å². The van der Waals surface area contributed by atoms with E-state index in [1.165, 1.54) is 5.56 Å². The minimum atomic E-state index is -1.12. The van der Waals surface area contributed by atoms with Gasteiger partial charge in [-0.05, 0) is 74.4 Å². The van der Waals surface area contributed by atoms with Gasteiger partial charge in [-0.1, -0.05) is 41.4 Å². The monoisotopic (exact) mass is 559 g/mol. The van der Waals surface area contributed by atoms with Crippen molar-refractivity contribution in [2.75, 3.05) is 13.7 Å². The van der Waals surface area contributed by atoms with E-state index in [0.29, 0.717) is 52.8 Å². The second-order valence-electron chi connectivity index (χ2n) is 9.51. The first kappa shape index (κ1) is 30.8. The predicted octanol–water partition coefficient (Wildman–Crippen LogP) is 2.14. The van der Waals surface area contributed by atoms with Crippen LogP contribution in [0.1, 0.15) is 54.2 Å². The van der Waals surface area contributed by atoms with Crippen molar-refractivity contribution in [3.8, 4) is 23.0 Å². The van der Waals surface area contributed by atoms with Crippen molar-refractivity contribution in [2.24, 2.45) is 0 Å². The minimum absolute atomic E-state index is 0. The number of hydrogen-bond acceptors (Lipinski definition) is 6. The van der Waals surface area contributed by atoms with E-state index in [9.17, 15) is 14.7 Å². The number of aryl methyl sites for hydroxylation is 1. The first-order chi connectivity index (χ1) is 18.4. The van der Waals surface area contributed by atoms with Gasteiger partial charge in [-0.2, -0.15) is 0 Å². The zero-order valence-corrected chi connectivity index (χ0v) is 25.2. The number of hydrogen-bond donors (Lipinski definition) is 1. The maximum Gasteiger partial charge on any atom is 1.00 e. The standard InChI is InChI=1S/C17H15ClO4.C13H17NO2.Na/c1-10-2-4-11(5-3-10)22-16-9-15-13(8-14(16)18)12(17(19)20)6-7-21-15;1-16-13-6-3-10(4-7-13)11-2-5-12(8-11)14-9-15;/h2-5,8-9,12H,6-7H2,1H3,(H,19,20);3-4,6-7,9,11-12H,2,5,8H2,1H3,(H,14,15);/q;;+1/p-1. The molecule has 3 aromatic carbocycles. The summed E-state index contributed by atoms with van der Waals surface area (Å²) < 4.78 is 16.4. The van der Waals surface area contributed by atoms with Crippen LogP contribution in [0.4, 0.5) is 0 Å². The van der Waals surface area contributed by atoms with E-state index < -0.39 is 11.9 Å². The van der Waals surface area contributed by atoms with Crippen LogP contribution >= 0.6 is 11.6 Å². The molecule has 1 amide bonds. The van der Waals surface area contributed by atoms with Gasteiger partial charge < -0.3 is 29.4 Å². The quantitative estimate of drug-likeness (QED) is 0.352. The molecule has 0 aromatic heterocycles. The molecule has 3 aromatic rings. The number of amides is 1. The molecule has 5 rings (SSSR count). The van der Waals surface area contributed by atoms with Crippen molar-refractivity contribution >= 4 is 24.0 Å². The minimum Gasteiger partial charge on any atom is -0.549 e. The van der Waals surface area contributed by atoms with Crippen LogP contribution in [-0.2, 0) is 9.59 Å². The van der Waals surface area contributed by atoms with Crippen LogP contribution < -0.4 is 54.2 Å². The van der Waals surface area contributed by atoms with Gasteiger partial charge in [-0.15, -0.1) is 0 Å². The summed E-state index contributed by atoms with van der Waals surface area (Å²) in [6.07, 6.45) is 4.46. The van der Waals surface area contributed by atoms with Gasteiger partial charge in [-0.3, -0.25) is 4.79 Å². The molecule has 39 heavy (non-hydrogen) atoms. The van der Waals surface area contributed by atoms with Gasteiger partial charge in [0.15, 0.2) is 0 Å². The molecule has 200 valence electrons. The number of benzene rings is 3. The Morgan fingerprint density at radius 1 is 1.05 bits per heavy atom. The van der Waals surface area contributed by atoms with Crippen LogP contribution in [0.25, 0.3) is 0 Å². The van der Waals surface area contributed by atoms with Gasteiger partial charge >= 0.3 is 29.6 Å². The van der Waals surface area contributed by atoms with Crippen molar-refractivity contribution in [1.29, 1.82) is 0 Å². The molecule has 1 aliphatic carbocycles. The number of carboxylic acids is 1. The molecule has 9 heteroatoms. The van der Waals surface area contributed by atoms with E-state index in [1.807, 2.05) is 43.3 Å². The normalized spacial score (nSPS) is 19.2. The van der Waals surface area contributed by atoms with Crippen molar-refractivity contribution in [3.63, 3.8) is 0 Å². The molecule has 1 N–H and O–H groups in total. The van der Waals surface area contributed by atoms with E-state index in [1.54, 1.807) is 19.2 Å². The van der Waals surface area contributed by atoms with Gasteiger partial charge in [0, 0.05) is 29.6 Å². The number of halogens is 1. The molecule has 1 heterocycles. The maximum absolute atomic E-state index is 11.2. The van der Waals surface area contributed by atoms with E-state index in [-0.39, 0.29) is 29.6 Å². The van der Waals surface area contributed by atoms with Gasteiger partial charge in [0.25, 0.3) is 0 Å². The number of rotatable bonds is 7. The zero-order valence-electron chi connectivity index (χ0n) is 22.4. The Morgan fingerprint density at radius 2 is 1.74 bits per heavy atom. The van der Waals surface area contributed by atoms with Crippen molar-refractivity contribution in [2.45, 2.75) is 50.5 Å². The fraction of sp³-hybridized carbons (Fsp3) is 0.333. The summed E-state index contributed by atoms with van der Waals surface area (Å²) in [4.78, 5) is 21.6. The first-order valence-corrected chi connectivity index (χ1v) is 13.0. The molecule has 7 nitrogen and oxygen atoms in total. The average molecular weight is 560 g/mol. The van der Waals surface area contributed by atoms with Crippen LogP contribution in [0.5, 0.6) is 23.0 Å². The van der Waals surface area contributed by atoms with Gasteiger partial charge in [0.05, 0.1) is 18.7 Å². The second kappa shape index (κ2) is 14.6. The average Bonchev–Trinajstić information content (AvgIpc) is 3.39. The van der Waals surface area contributed by atoms with Gasteiger partial charge in [0.1, 0.15) is 23.0 Å². The van der Waals surface area contributed by atoms with Crippen molar-refractivity contribution in [3.05, 3.63) is 82.4 Å². The third-order valence-corrected chi connectivity index (χ3v) is 7.26. The number of carboxylic acid groups (broad SMARTS) is 1. The maximum atomic E-state index is 11.2. The molecular weight excluding hydrogens is 529 g/mol. The van der Waals surface area contributed by atoms with E-state index >= 15 is 0 Å². The smallest absolute Gasteiger partial charge is 0.549 e. The molecule has 0 radical (unpaired) electrons. The summed E-state index contributed by atoms with van der Waals surface area (Å²) in [5.74, 6) is 1.21. The molecule has 0 bridgehead atoms. The van der Waals surface area contributed by atoms with Crippen LogP contribution in [0, 0.1) is 6.92 Å². The van der Waals surface area contributed by atoms with Gasteiger partial charge in [0.2, 0.25) is 6.41 Å². The molecule has 2 aliphatic rings. The number of carbonyl (C=O) groups is 2. The number of fused-ring (bicyclic) bond motifs is 1.